The monoisotopic (exact) mass is 260 g/mol. The molecular formula is C12H20O4S. The van der Waals surface area contributed by atoms with Gasteiger partial charge in [-0.15, -0.1) is 0 Å². The first-order chi connectivity index (χ1) is 8.05. The molecule has 0 amide bonds. The van der Waals surface area contributed by atoms with E-state index < -0.39 is 9.84 Å². The topological polar surface area (TPSA) is 60.4 Å². The lowest BCUT2D eigenvalue weighted by atomic mass is 9.92. The van der Waals surface area contributed by atoms with Crippen molar-refractivity contribution in [2.24, 2.45) is 5.92 Å². The van der Waals surface area contributed by atoms with E-state index in [1.165, 1.54) is 0 Å². The van der Waals surface area contributed by atoms with E-state index in [9.17, 15) is 13.2 Å². The number of carbonyl (C=O) groups excluding carboxylic acids is 1. The molecular weight excluding hydrogens is 240 g/mol. The molecule has 2 atom stereocenters. The van der Waals surface area contributed by atoms with E-state index in [0.29, 0.717) is 25.9 Å². The molecule has 0 radical (unpaired) electrons. The Morgan fingerprint density at radius 2 is 1.82 bits per heavy atom. The van der Waals surface area contributed by atoms with Crippen LogP contribution in [0.5, 0.6) is 0 Å². The van der Waals surface area contributed by atoms with Gasteiger partial charge in [-0.1, -0.05) is 0 Å². The molecule has 2 bridgehead atoms. The van der Waals surface area contributed by atoms with Crippen molar-refractivity contribution in [3.05, 3.63) is 0 Å². The maximum atomic E-state index is 12.0. The highest BCUT2D eigenvalue weighted by Gasteiger charge is 2.48. The molecule has 4 nitrogen and oxygen atoms in total. The number of hydrogen-bond acceptors (Lipinski definition) is 4. The molecule has 2 saturated heterocycles. The number of ether oxygens (including phenoxy) is 1. The second-order valence-corrected chi connectivity index (χ2v) is 7.65. The SMILES string of the molecule is COCCCC(=O)C1CC2CCC(C1)S2(=O)=O. The van der Waals surface area contributed by atoms with Crippen molar-refractivity contribution in [1.29, 1.82) is 0 Å². The Bertz CT molecular complexity index is 367. The molecule has 2 aliphatic heterocycles. The van der Waals surface area contributed by atoms with E-state index in [-0.39, 0.29) is 22.2 Å². The number of rotatable bonds is 5. The van der Waals surface area contributed by atoms with Crippen molar-refractivity contribution in [2.75, 3.05) is 13.7 Å². The van der Waals surface area contributed by atoms with Crippen molar-refractivity contribution in [2.45, 2.75) is 49.0 Å². The summed E-state index contributed by atoms with van der Waals surface area (Å²) in [5.41, 5.74) is 0. The summed E-state index contributed by atoms with van der Waals surface area (Å²) in [6, 6.07) is 0. The zero-order valence-electron chi connectivity index (χ0n) is 10.2. The van der Waals surface area contributed by atoms with Gasteiger partial charge in [0.2, 0.25) is 0 Å². The number of sulfone groups is 1. The highest BCUT2D eigenvalue weighted by atomic mass is 32.2. The Morgan fingerprint density at radius 3 is 2.35 bits per heavy atom. The average molecular weight is 260 g/mol. The minimum Gasteiger partial charge on any atom is -0.385 e. The molecule has 2 unspecified atom stereocenters. The molecule has 17 heavy (non-hydrogen) atoms. The highest BCUT2D eigenvalue weighted by Crippen LogP contribution is 2.41. The smallest absolute Gasteiger partial charge is 0.156 e. The van der Waals surface area contributed by atoms with Crippen LogP contribution in [0.1, 0.15) is 38.5 Å². The molecule has 0 aliphatic carbocycles. The van der Waals surface area contributed by atoms with Crippen LogP contribution in [0.3, 0.4) is 0 Å². The lowest BCUT2D eigenvalue weighted by molar-refractivity contribution is -0.123. The fraction of sp³-hybridized carbons (Fsp3) is 0.917. The summed E-state index contributed by atoms with van der Waals surface area (Å²) in [4.78, 5) is 12.0. The lowest BCUT2D eigenvalue weighted by Gasteiger charge is -2.26. The Kier molecular flexibility index (Phi) is 3.88. The van der Waals surface area contributed by atoms with Crippen LogP contribution in [0.15, 0.2) is 0 Å². The minimum absolute atomic E-state index is 0.0205. The van der Waals surface area contributed by atoms with Crippen LogP contribution < -0.4 is 0 Å². The number of ketones is 1. The number of hydrogen-bond donors (Lipinski definition) is 0. The molecule has 2 rings (SSSR count). The Morgan fingerprint density at radius 1 is 1.24 bits per heavy atom. The van der Waals surface area contributed by atoms with Crippen molar-refractivity contribution in [3.63, 3.8) is 0 Å². The standard InChI is InChI=1S/C12H20O4S/c1-16-6-2-3-12(13)9-7-10-4-5-11(8-9)17(10,14)15/h9-11H,2-8H2,1H3. The van der Waals surface area contributed by atoms with E-state index in [2.05, 4.69) is 0 Å². The summed E-state index contributed by atoms with van der Waals surface area (Å²) in [6.07, 6.45) is 3.91. The molecule has 2 aliphatic rings. The molecule has 0 N–H and O–H groups in total. The Labute approximate surface area is 103 Å². The first kappa shape index (κ1) is 13.0. The van der Waals surface area contributed by atoms with Gasteiger partial charge in [-0.2, -0.15) is 0 Å². The van der Waals surface area contributed by atoms with Gasteiger partial charge in [0.15, 0.2) is 9.84 Å². The largest absolute Gasteiger partial charge is 0.385 e. The third-order valence-electron chi connectivity index (χ3n) is 4.06. The van der Waals surface area contributed by atoms with Crippen LogP contribution in [-0.2, 0) is 19.4 Å². The summed E-state index contributed by atoms with van der Waals surface area (Å²) in [5.74, 6) is 0.210. The molecule has 2 fully saturated rings. The van der Waals surface area contributed by atoms with Crippen LogP contribution in [0.4, 0.5) is 0 Å². The Balaban J connectivity index is 1.92. The van der Waals surface area contributed by atoms with Crippen LogP contribution >= 0.6 is 0 Å². The second-order valence-electron chi connectivity index (χ2n) is 5.14. The van der Waals surface area contributed by atoms with Crippen molar-refractivity contribution in [1.82, 2.24) is 0 Å². The van der Waals surface area contributed by atoms with Gasteiger partial charge in [0, 0.05) is 26.1 Å². The third kappa shape index (κ3) is 2.55. The molecule has 0 aromatic carbocycles. The summed E-state index contributed by atoms with van der Waals surface area (Å²) >= 11 is 0. The average Bonchev–Trinajstić information content (AvgIpc) is 2.50. The maximum Gasteiger partial charge on any atom is 0.156 e. The first-order valence-corrected chi connectivity index (χ1v) is 7.91. The van der Waals surface area contributed by atoms with E-state index in [4.69, 9.17) is 4.74 Å². The van der Waals surface area contributed by atoms with Crippen LogP contribution in [0.2, 0.25) is 0 Å². The summed E-state index contributed by atoms with van der Waals surface area (Å²) in [7, 11) is -1.27. The third-order valence-corrected chi connectivity index (χ3v) is 6.78. The van der Waals surface area contributed by atoms with E-state index in [1.54, 1.807) is 7.11 Å². The predicted octanol–water partition coefficient (Wildman–Crippen LogP) is 1.34. The fourth-order valence-electron chi connectivity index (χ4n) is 3.07. The first-order valence-electron chi connectivity index (χ1n) is 6.30. The van der Waals surface area contributed by atoms with Crippen LogP contribution in [0, 0.1) is 5.92 Å². The number of fused-ring (bicyclic) bond motifs is 2. The van der Waals surface area contributed by atoms with Crippen molar-refractivity contribution < 1.29 is 17.9 Å². The lowest BCUT2D eigenvalue weighted by Crippen LogP contribution is -2.36. The van der Waals surface area contributed by atoms with E-state index in [0.717, 1.165) is 19.3 Å². The number of carbonyl (C=O) groups is 1. The van der Waals surface area contributed by atoms with Gasteiger partial charge in [0.1, 0.15) is 5.78 Å². The maximum absolute atomic E-state index is 12.0. The summed E-state index contributed by atoms with van der Waals surface area (Å²) < 4.78 is 28.7. The van der Waals surface area contributed by atoms with Crippen molar-refractivity contribution >= 4 is 15.6 Å². The predicted molar refractivity (Wildman–Crippen MR) is 64.6 cm³/mol. The van der Waals surface area contributed by atoms with E-state index >= 15 is 0 Å². The number of methoxy groups -OCH3 is 1. The van der Waals surface area contributed by atoms with Crippen LogP contribution in [0.25, 0.3) is 0 Å². The number of Topliss-reactive ketones (excluding diaryl/α,β-unsaturated/α-hetero) is 1. The van der Waals surface area contributed by atoms with Gasteiger partial charge in [-0.3, -0.25) is 4.79 Å². The van der Waals surface area contributed by atoms with Gasteiger partial charge in [-0.25, -0.2) is 8.42 Å². The van der Waals surface area contributed by atoms with Crippen molar-refractivity contribution in [3.8, 4) is 0 Å². The Hall–Kier alpha value is -0.420. The highest BCUT2D eigenvalue weighted by molar-refractivity contribution is 7.93. The molecule has 2 heterocycles. The molecule has 0 aromatic heterocycles. The molecule has 0 spiro atoms. The van der Waals surface area contributed by atoms with E-state index in [1.807, 2.05) is 0 Å². The molecule has 98 valence electrons. The second kappa shape index (κ2) is 5.06. The van der Waals surface area contributed by atoms with Crippen LogP contribution in [-0.4, -0.2) is 38.4 Å². The molecule has 0 aromatic rings. The summed E-state index contributed by atoms with van der Waals surface area (Å²) in [6.45, 7) is 0.601. The van der Waals surface area contributed by atoms with Gasteiger partial charge in [0.05, 0.1) is 10.5 Å². The van der Waals surface area contributed by atoms with Gasteiger partial charge in [0.25, 0.3) is 0 Å². The minimum atomic E-state index is -2.90. The zero-order chi connectivity index (χ0) is 12.5. The zero-order valence-corrected chi connectivity index (χ0v) is 11.0. The summed E-state index contributed by atoms with van der Waals surface area (Å²) in [5, 5.41) is -0.477. The molecule has 5 heteroatoms. The quantitative estimate of drug-likeness (QED) is 0.700. The van der Waals surface area contributed by atoms with Gasteiger partial charge >= 0.3 is 0 Å². The van der Waals surface area contributed by atoms with Gasteiger partial charge in [-0.05, 0) is 32.1 Å². The molecule has 0 saturated carbocycles. The van der Waals surface area contributed by atoms with Gasteiger partial charge < -0.3 is 4.74 Å². The normalized spacial score (nSPS) is 34.8. The fourth-order valence-corrected chi connectivity index (χ4v) is 5.54.